The molecule has 0 N–H and O–H groups in total. The minimum atomic E-state index is -0.818. The van der Waals surface area contributed by atoms with E-state index in [1.54, 1.807) is 22.7 Å². The topological polar surface area (TPSA) is 121 Å². The molecule has 0 aliphatic heterocycles. The van der Waals surface area contributed by atoms with Crippen LogP contribution in [0.15, 0.2) is 158 Å². The maximum absolute atomic E-state index is 9.58. The molecule has 2 aliphatic rings. The smallest absolute Gasteiger partial charge is 0.146 e. The summed E-state index contributed by atoms with van der Waals surface area (Å²) in [6, 6.07) is 62.6. The summed E-state index contributed by atoms with van der Waals surface area (Å²) in [5.74, 6) is 0. The van der Waals surface area contributed by atoms with Gasteiger partial charge >= 0.3 is 0 Å². The fourth-order valence-electron chi connectivity index (χ4n) is 9.34. The van der Waals surface area contributed by atoms with Gasteiger partial charge in [-0.1, -0.05) is 121 Å². The summed E-state index contributed by atoms with van der Waals surface area (Å²) in [6.45, 7) is 0. The van der Waals surface area contributed by atoms with Crippen LogP contribution >= 0.6 is 45.3 Å². The van der Waals surface area contributed by atoms with Crippen molar-refractivity contribution in [2.24, 2.45) is 0 Å². The van der Waals surface area contributed by atoms with Gasteiger partial charge < -0.3 is 0 Å². The Balaban J connectivity index is 1.24. The van der Waals surface area contributed by atoms with E-state index in [9.17, 15) is 21.0 Å². The van der Waals surface area contributed by atoms with E-state index < -0.39 is 10.8 Å². The minimum absolute atomic E-state index is 0.103. The molecule has 64 heavy (non-hydrogen) atoms. The lowest BCUT2D eigenvalue weighted by molar-refractivity contribution is 0.713. The molecule has 10 heteroatoms. The average molecular weight is 889 g/mol. The van der Waals surface area contributed by atoms with Crippen molar-refractivity contribution in [2.75, 3.05) is 0 Å². The number of benzene rings is 4. The quantitative estimate of drug-likeness (QED) is 0.164. The molecule has 0 bridgehead atoms. The summed E-state index contributed by atoms with van der Waals surface area (Å²) in [5.41, 5.74) is 8.52. The normalized spacial score (nSPS) is 14.0. The molecule has 5 aromatic heterocycles. The van der Waals surface area contributed by atoms with Gasteiger partial charge in [-0.25, -0.2) is 9.97 Å². The summed E-state index contributed by atoms with van der Waals surface area (Å²) in [4.78, 5) is 16.0. The van der Waals surface area contributed by atoms with Gasteiger partial charge in [-0.3, -0.25) is 0 Å². The lowest BCUT2D eigenvalue weighted by Crippen LogP contribution is -2.31. The van der Waals surface area contributed by atoms with Crippen LogP contribution in [0.3, 0.4) is 0 Å². The van der Waals surface area contributed by atoms with Crippen LogP contribution in [0.1, 0.15) is 54.5 Å². The van der Waals surface area contributed by atoms with Crippen molar-refractivity contribution in [3.8, 4) is 45.4 Å². The lowest BCUT2D eigenvalue weighted by atomic mass is 9.69. The molecule has 9 aromatic rings. The zero-order valence-corrected chi connectivity index (χ0v) is 36.7. The highest BCUT2D eigenvalue weighted by molar-refractivity contribution is 7.17. The van der Waals surface area contributed by atoms with E-state index in [4.69, 9.17) is 9.97 Å². The first-order valence-electron chi connectivity index (χ1n) is 20.2. The summed E-state index contributed by atoms with van der Waals surface area (Å²) in [6.07, 6.45) is 4.27. The van der Waals surface area contributed by atoms with Crippen LogP contribution in [-0.2, 0) is 10.8 Å². The Bertz CT molecular complexity index is 3420. The Labute approximate surface area is 383 Å². The highest BCUT2D eigenvalue weighted by Crippen LogP contribution is 2.62. The monoisotopic (exact) mass is 888 g/mol. The molecule has 4 aromatic carbocycles. The number of thiophene rings is 4. The molecule has 0 fully saturated rings. The third-order valence-corrected chi connectivity index (χ3v) is 16.2. The number of rotatable bonds is 6. The molecule has 0 radical (unpaired) electrons. The molecule has 298 valence electrons. The number of hydrogen-bond acceptors (Lipinski definition) is 10. The summed E-state index contributed by atoms with van der Waals surface area (Å²) < 4.78 is 3.18. The van der Waals surface area contributed by atoms with Crippen LogP contribution in [0, 0.1) is 45.3 Å². The van der Waals surface area contributed by atoms with Crippen molar-refractivity contribution >= 4 is 68.6 Å². The standard InChI is InChI=1S/C54H28N6S4/c55-29-33(30-56)45-23-21-39(61-45)25-41-27-43-49(63-41)47-51(53(43,35-13-5-1-6-14-35)36-15-7-2-8-16-36)59-48-50-44(28-42(64-50)26-40-22-24-46(62-40)34(31-57)32-58)54(52(48)60-47,37-17-9-3-10-18-37)38-19-11-4-12-20-38/h1-28H/b39-25+,40-26+. The fourth-order valence-corrected chi connectivity index (χ4v) is 13.6. The van der Waals surface area contributed by atoms with Gasteiger partial charge in [-0.15, -0.1) is 45.3 Å². The molecular weight excluding hydrogens is 861 g/mol. The number of aromatic nitrogens is 2. The third kappa shape index (κ3) is 5.83. The Kier molecular flexibility index (Phi) is 9.48. The molecule has 2 aliphatic carbocycles. The number of fused-ring (bicyclic) bond motifs is 6. The largest absolute Gasteiger partial charge is 0.246 e. The summed E-state index contributed by atoms with van der Waals surface area (Å²) in [5, 5.41) is 38.3. The molecule has 0 saturated carbocycles. The first-order valence-corrected chi connectivity index (χ1v) is 23.5. The van der Waals surface area contributed by atoms with Crippen molar-refractivity contribution in [1.29, 1.82) is 21.0 Å². The van der Waals surface area contributed by atoms with Gasteiger partial charge in [-0.05, 0) is 81.9 Å². The third-order valence-electron chi connectivity index (χ3n) is 11.9. The highest BCUT2D eigenvalue weighted by Gasteiger charge is 2.55. The highest BCUT2D eigenvalue weighted by atomic mass is 32.1. The van der Waals surface area contributed by atoms with Crippen molar-refractivity contribution in [3.63, 3.8) is 0 Å². The van der Waals surface area contributed by atoms with E-state index in [1.807, 2.05) is 72.8 Å². The number of nitriles is 4. The first kappa shape index (κ1) is 39.1. The lowest BCUT2D eigenvalue weighted by Gasteiger charge is -2.33. The molecule has 5 heterocycles. The second kappa shape index (κ2) is 15.5. The molecule has 0 saturated heterocycles. The van der Waals surface area contributed by atoms with Crippen LogP contribution in [0.4, 0.5) is 0 Å². The van der Waals surface area contributed by atoms with E-state index >= 15 is 0 Å². The maximum Gasteiger partial charge on any atom is 0.146 e. The van der Waals surface area contributed by atoms with Gasteiger partial charge in [0, 0.05) is 18.8 Å². The Hall–Kier alpha value is -7.80. The zero-order chi connectivity index (χ0) is 43.4. The van der Waals surface area contributed by atoms with Crippen LogP contribution in [-0.4, -0.2) is 9.97 Å². The van der Waals surface area contributed by atoms with E-state index in [1.165, 1.54) is 22.7 Å². The summed E-state index contributed by atoms with van der Waals surface area (Å²) in [7, 11) is 0. The Morgan fingerprint density at radius 2 is 0.750 bits per heavy atom. The molecule has 0 amide bonds. The van der Waals surface area contributed by atoms with E-state index in [2.05, 4.69) is 121 Å². The predicted octanol–water partition coefficient (Wildman–Crippen LogP) is 9.50. The van der Waals surface area contributed by atoms with Gasteiger partial charge in [0.15, 0.2) is 0 Å². The van der Waals surface area contributed by atoms with Crippen molar-refractivity contribution in [1.82, 2.24) is 9.97 Å². The zero-order valence-electron chi connectivity index (χ0n) is 33.5. The van der Waals surface area contributed by atoms with E-state index in [0.29, 0.717) is 9.06 Å². The van der Waals surface area contributed by atoms with Crippen LogP contribution in [0.25, 0.3) is 44.4 Å². The average Bonchev–Trinajstić information content (AvgIpc) is 4.22. The maximum atomic E-state index is 9.58. The molecule has 6 nitrogen and oxygen atoms in total. The molecule has 0 atom stereocenters. The van der Waals surface area contributed by atoms with Gasteiger partial charge in [0.25, 0.3) is 0 Å². The van der Waals surface area contributed by atoms with E-state index in [-0.39, 0.29) is 11.1 Å². The second-order valence-corrected chi connectivity index (χ2v) is 19.7. The SMILES string of the molecule is N#CC(C#N)=c1cc/c(=C\c2cc3c(s2)-c2nc4c(nc2C3(c2ccccc2)c2ccccc2)-c2sc(/C=c3\ccc(=C(C#N)C#N)s3)cc2C4(c2ccccc2)c2ccccc2)s1. The van der Waals surface area contributed by atoms with Gasteiger partial charge in [-0.2, -0.15) is 21.0 Å². The molecule has 11 rings (SSSR count). The first-order chi connectivity index (χ1) is 31.5. The van der Waals surface area contributed by atoms with Crippen molar-refractivity contribution in [3.05, 3.63) is 230 Å². The molecule has 0 spiro atoms. The van der Waals surface area contributed by atoms with Crippen molar-refractivity contribution < 1.29 is 0 Å². The molecule has 0 unspecified atom stereocenters. The number of nitrogens with zero attached hydrogens (tertiary/aromatic N) is 6. The van der Waals surface area contributed by atoms with Crippen molar-refractivity contribution in [2.45, 2.75) is 10.8 Å². The van der Waals surface area contributed by atoms with E-state index in [0.717, 1.165) is 84.7 Å². The van der Waals surface area contributed by atoms with Gasteiger partial charge in [0.05, 0.1) is 41.0 Å². The predicted molar refractivity (Wildman–Crippen MR) is 256 cm³/mol. The number of hydrogen-bond donors (Lipinski definition) is 0. The Morgan fingerprint density at radius 1 is 0.422 bits per heavy atom. The van der Waals surface area contributed by atoms with Gasteiger partial charge in [0.2, 0.25) is 0 Å². The summed E-state index contributed by atoms with van der Waals surface area (Å²) >= 11 is 6.22. The molecular formula is C54H28N6S4. The minimum Gasteiger partial charge on any atom is -0.246 e. The Morgan fingerprint density at radius 3 is 1.06 bits per heavy atom. The second-order valence-electron chi connectivity index (χ2n) is 15.3. The van der Waals surface area contributed by atoms with Crippen LogP contribution in [0.5, 0.6) is 0 Å². The fraction of sp³-hybridized carbons (Fsp3) is 0.0370. The van der Waals surface area contributed by atoms with Crippen LogP contribution < -0.4 is 18.1 Å². The van der Waals surface area contributed by atoms with Crippen LogP contribution in [0.2, 0.25) is 0 Å². The van der Waals surface area contributed by atoms with Gasteiger partial charge in [0.1, 0.15) is 46.8 Å².